The molecule has 0 heterocycles. The van der Waals surface area contributed by atoms with Crippen LogP contribution in [-0.4, -0.2) is 12.6 Å². The first-order valence-electron chi connectivity index (χ1n) is 10.2. The van der Waals surface area contributed by atoms with Gasteiger partial charge in [-0.2, -0.15) is 0 Å². The molecule has 0 aliphatic heterocycles. The lowest BCUT2D eigenvalue weighted by Gasteiger charge is -2.19. The molecule has 30 heavy (non-hydrogen) atoms. The summed E-state index contributed by atoms with van der Waals surface area (Å²) in [6, 6.07) is 28.2. The van der Waals surface area contributed by atoms with E-state index in [0.29, 0.717) is 19.6 Å². The number of nitrogens with one attached hydrogen (secondary N) is 1. The summed E-state index contributed by atoms with van der Waals surface area (Å²) >= 11 is 0. The highest BCUT2D eigenvalue weighted by Crippen LogP contribution is 2.25. The molecule has 0 spiro atoms. The fraction of sp³-hybridized carbons (Fsp3) is 0.192. The minimum atomic E-state index is -0.316. The Labute approximate surface area is 178 Å². The highest BCUT2D eigenvalue weighted by molar-refractivity contribution is 5.81. The Morgan fingerprint density at radius 1 is 0.933 bits per heavy atom. The first-order chi connectivity index (χ1) is 14.7. The van der Waals surface area contributed by atoms with Crippen LogP contribution in [0.5, 0.6) is 5.75 Å². The zero-order valence-electron chi connectivity index (χ0n) is 17.2. The first kappa shape index (κ1) is 21.2. The van der Waals surface area contributed by atoms with E-state index in [1.54, 1.807) is 6.92 Å². The molecule has 4 nitrogen and oxygen atoms in total. The molecule has 0 aliphatic carbocycles. The van der Waals surface area contributed by atoms with Gasteiger partial charge in [-0.3, -0.25) is 0 Å². The van der Waals surface area contributed by atoms with Crippen molar-refractivity contribution in [2.75, 3.05) is 11.9 Å². The van der Waals surface area contributed by atoms with Gasteiger partial charge in [0.15, 0.2) is 0 Å². The van der Waals surface area contributed by atoms with E-state index in [2.05, 4.69) is 17.4 Å². The summed E-state index contributed by atoms with van der Waals surface area (Å²) in [5.41, 5.74) is 3.27. The van der Waals surface area contributed by atoms with Crippen molar-refractivity contribution in [3.8, 4) is 5.75 Å². The van der Waals surface area contributed by atoms with E-state index in [1.165, 1.54) is 6.08 Å². The third-order valence-corrected chi connectivity index (χ3v) is 4.56. The first-order valence-corrected chi connectivity index (χ1v) is 10.2. The van der Waals surface area contributed by atoms with E-state index in [4.69, 9.17) is 9.47 Å². The molecule has 0 aromatic heterocycles. The fourth-order valence-electron chi connectivity index (χ4n) is 3.04. The molecule has 0 bridgehead atoms. The SMILES string of the molecule is CCOC(=O)/C=C/C[C@H](Nc1ccc(OCc2ccccc2)cc1)c1ccccc1. The second-order valence-corrected chi connectivity index (χ2v) is 6.80. The molecule has 3 rings (SSSR count). The minimum Gasteiger partial charge on any atom is -0.489 e. The van der Waals surface area contributed by atoms with Crippen LogP contribution in [0.25, 0.3) is 0 Å². The normalized spacial score (nSPS) is 11.8. The molecule has 4 heteroatoms. The maximum absolute atomic E-state index is 11.6. The van der Waals surface area contributed by atoms with E-state index in [0.717, 1.165) is 22.6 Å². The second kappa shape index (κ2) is 11.5. The molecule has 1 atom stereocenters. The van der Waals surface area contributed by atoms with Gasteiger partial charge in [-0.25, -0.2) is 4.79 Å². The van der Waals surface area contributed by atoms with Crippen molar-refractivity contribution in [3.05, 3.63) is 108 Å². The van der Waals surface area contributed by atoms with Crippen LogP contribution in [0.3, 0.4) is 0 Å². The molecule has 0 radical (unpaired) electrons. The number of carbonyl (C=O) groups excluding carboxylic acids is 1. The number of anilines is 1. The van der Waals surface area contributed by atoms with Gasteiger partial charge in [0.05, 0.1) is 12.6 Å². The Hall–Kier alpha value is -3.53. The third-order valence-electron chi connectivity index (χ3n) is 4.56. The molecule has 0 saturated heterocycles. The van der Waals surface area contributed by atoms with Crippen LogP contribution < -0.4 is 10.1 Å². The highest BCUT2D eigenvalue weighted by atomic mass is 16.5. The molecule has 0 saturated carbocycles. The van der Waals surface area contributed by atoms with Gasteiger partial charge in [0.1, 0.15) is 12.4 Å². The van der Waals surface area contributed by atoms with E-state index >= 15 is 0 Å². The van der Waals surface area contributed by atoms with Crippen molar-refractivity contribution in [1.82, 2.24) is 0 Å². The average molecular weight is 402 g/mol. The van der Waals surface area contributed by atoms with Crippen molar-refractivity contribution in [2.24, 2.45) is 0 Å². The Morgan fingerprint density at radius 3 is 2.27 bits per heavy atom. The molecule has 0 unspecified atom stereocenters. The molecule has 154 valence electrons. The van der Waals surface area contributed by atoms with Crippen molar-refractivity contribution in [2.45, 2.75) is 26.0 Å². The van der Waals surface area contributed by atoms with E-state index in [-0.39, 0.29) is 12.0 Å². The molecule has 3 aromatic carbocycles. The van der Waals surface area contributed by atoms with E-state index in [9.17, 15) is 4.79 Å². The Morgan fingerprint density at radius 2 is 1.60 bits per heavy atom. The molecule has 3 aromatic rings. The van der Waals surface area contributed by atoms with Gasteiger partial charge in [0.25, 0.3) is 0 Å². The van der Waals surface area contributed by atoms with Crippen molar-refractivity contribution in [1.29, 1.82) is 0 Å². The van der Waals surface area contributed by atoms with Crippen LogP contribution in [0.1, 0.15) is 30.5 Å². The van der Waals surface area contributed by atoms with Crippen LogP contribution in [0.4, 0.5) is 5.69 Å². The predicted octanol–water partition coefficient (Wildman–Crippen LogP) is 5.93. The minimum absolute atomic E-state index is 0.0352. The Bertz CT molecular complexity index is 922. The number of carbonyl (C=O) groups is 1. The van der Waals surface area contributed by atoms with Gasteiger partial charge in [-0.05, 0) is 48.7 Å². The zero-order valence-corrected chi connectivity index (χ0v) is 17.2. The smallest absolute Gasteiger partial charge is 0.330 e. The van der Waals surface area contributed by atoms with E-state index < -0.39 is 0 Å². The van der Waals surface area contributed by atoms with Crippen molar-refractivity contribution >= 4 is 11.7 Å². The summed E-state index contributed by atoms with van der Waals surface area (Å²) in [4.78, 5) is 11.6. The maximum Gasteiger partial charge on any atom is 0.330 e. The summed E-state index contributed by atoms with van der Waals surface area (Å²) in [7, 11) is 0. The summed E-state index contributed by atoms with van der Waals surface area (Å²) in [5, 5.41) is 3.54. The molecule has 0 aliphatic rings. The number of hydrogen-bond donors (Lipinski definition) is 1. The number of esters is 1. The summed E-state index contributed by atoms with van der Waals surface area (Å²) in [6.45, 7) is 2.72. The predicted molar refractivity (Wildman–Crippen MR) is 120 cm³/mol. The summed E-state index contributed by atoms with van der Waals surface area (Å²) < 4.78 is 10.8. The van der Waals surface area contributed by atoms with E-state index in [1.807, 2.05) is 78.9 Å². The van der Waals surface area contributed by atoms with Crippen LogP contribution >= 0.6 is 0 Å². The highest BCUT2D eigenvalue weighted by Gasteiger charge is 2.10. The summed E-state index contributed by atoms with van der Waals surface area (Å²) in [6.07, 6.45) is 4.00. The molecular formula is C26H27NO3. The molecule has 0 amide bonds. The van der Waals surface area contributed by atoms with Crippen molar-refractivity contribution < 1.29 is 14.3 Å². The molecule has 1 N–H and O–H groups in total. The lowest BCUT2D eigenvalue weighted by molar-refractivity contribution is -0.137. The van der Waals surface area contributed by atoms with Gasteiger partial charge in [0, 0.05) is 11.8 Å². The lowest BCUT2D eigenvalue weighted by atomic mass is 10.0. The fourth-order valence-corrected chi connectivity index (χ4v) is 3.04. The van der Waals surface area contributed by atoms with Crippen LogP contribution in [0.15, 0.2) is 97.1 Å². The monoisotopic (exact) mass is 401 g/mol. The molecule has 0 fully saturated rings. The zero-order chi connectivity index (χ0) is 21.0. The summed E-state index contributed by atoms with van der Waals surface area (Å²) in [5.74, 6) is 0.507. The second-order valence-electron chi connectivity index (χ2n) is 6.80. The Balaban J connectivity index is 1.62. The van der Waals surface area contributed by atoms with Gasteiger partial charge in [-0.15, -0.1) is 0 Å². The van der Waals surface area contributed by atoms with Crippen LogP contribution in [0.2, 0.25) is 0 Å². The van der Waals surface area contributed by atoms with Crippen molar-refractivity contribution in [3.63, 3.8) is 0 Å². The average Bonchev–Trinajstić information content (AvgIpc) is 2.79. The number of hydrogen-bond acceptors (Lipinski definition) is 4. The van der Waals surface area contributed by atoms with Crippen LogP contribution in [-0.2, 0) is 16.1 Å². The number of rotatable bonds is 10. The Kier molecular flexibility index (Phi) is 8.10. The number of benzene rings is 3. The largest absolute Gasteiger partial charge is 0.489 e. The topological polar surface area (TPSA) is 47.6 Å². The lowest BCUT2D eigenvalue weighted by Crippen LogP contribution is -2.10. The van der Waals surface area contributed by atoms with Gasteiger partial charge in [-0.1, -0.05) is 66.7 Å². The quantitative estimate of drug-likeness (QED) is 0.338. The maximum atomic E-state index is 11.6. The van der Waals surface area contributed by atoms with Gasteiger partial charge < -0.3 is 14.8 Å². The standard InChI is InChI=1S/C26H27NO3/c1-2-29-26(28)15-9-14-25(22-12-7-4-8-13-22)27-23-16-18-24(19-17-23)30-20-21-10-5-3-6-11-21/h3-13,15-19,25,27H,2,14,20H2,1H3/b15-9+/t25-/m0/s1. The third kappa shape index (κ3) is 6.82. The van der Waals surface area contributed by atoms with Gasteiger partial charge >= 0.3 is 5.97 Å². The van der Waals surface area contributed by atoms with Gasteiger partial charge in [0.2, 0.25) is 0 Å². The molecular weight excluding hydrogens is 374 g/mol. The number of ether oxygens (including phenoxy) is 2. The van der Waals surface area contributed by atoms with Crippen LogP contribution in [0, 0.1) is 0 Å².